The molecule has 6 heteroatoms. The molecule has 1 N–H and O–H groups in total. The van der Waals surface area contributed by atoms with Crippen molar-refractivity contribution in [2.45, 2.75) is 6.18 Å². The molecular formula is C7H6F4N2. The summed E-state index contributed by atoms with van der Waals surface area (Å²) in [6.45, 7) is 0. The van der Waals surface area contributed by atoms with Crippen LogP contribution in [0.1, 0.15) is 5.56 Å². The fraction of sp³-hybridized carbons (Fsp3) is 0.286. The Balaban J connectivity index is 3.24. The third-order valence-corrected chi connectivity index (χ3v) is 1.40. The number of alkyl halides is 3. The van der Waals surface area contributed by atoms with Gasteiger partial charge >= 0.3 is 6.18 Å². The van der Waals surface area contributed by atoms with Gasteiger partial charge in [0.05, 0.1) is 6.20 Å². The van der Waals surface area contributed by atoms with Crippen LogP contribution < -0.4 is 5.32 Å². The summed E-state index contributed by atoms with van der Waals surface area (Å²) in [5, 5.41) is 2.23. The van der Waals surface area contributed by atoms with Crippen molar-refractivity contribution < 1.29 is 17.6 Å². The zero-order chi connectivity index (χ0) is 10.1. The number of halogens is 4. The molecule has 0 unspecified atom stereocenters. The van der Waals surface area contributed by atoms with Gasteiger partial charge in [0.2, 0.25) is 0 Å². The van der Waals surface area contributed by atoms with Gasteiger partial charge in [-0.3, -0.25) is 0 Å². The first-order valence-corrected chi connectivity index (χ1v) is 3.35. The van der Waals surface area contributed by atoms with Gasteiger partial charge in [0.25, 0.3) is 0 Å². The van der Waals surface area contributed by atoms with E-state index in [1.807, 2.05) is 0 Å². The van der Waals surface area contributed by atoms with Gasteiger partial charge in [-0.05, 0) is 6.07 Å². The molecule has 13 heavy (non-hydrogen) atoms. The second-order valence-corrected chi connectivity index (χ2v) is 2.30. The van der Waals surface area contributed by atoms with Crippen LogP contribution in [0.2, 0.25) is 0 Å². The fourth-order valence-electron chi connectivity index (χ4n) is 0.855. The Morgan fingerprint density at radius 3 is 2.46 bits per heavy atom. The summed E-state index contributed by atoms with van der Waals surface area (Å²) in [5.74, 6) is -1.39. The molecular weight excluding hydrogens is 188 g/mol. The molecule has 0 amide bonds. The maximum Gasteiger partial charge on any atom is 0.420 e. The van der Waals surface area contributed by atoms with Crippen LogP contribution in [0.5, 0.6) is 0 Å². The van der Waals surface area contributed by atoms with Gasteiger partial charge in [-0.15, -0.1) is 0 Å². The normalized spacial score (nSPS) is 11.5. The van der Waals surface area contributed by atoms with Crippen molar-refractivity contribution in [3.63, 3.8) is 0 Å². The van der Waals surface area contributed by atoms with E-state index >= 15 is 0 Å². The minimum Gasteiger partial charge on any atom is -0.373 e. The topological polar surface area (TPSA) is 24.9 Å². The molecule has 1 aromatic heterocycles. The molecule has 0 bridgehead atoms. The maximum atomic E-state index is 12.4. The van der Waals surface area contributed by atoms with Crippen molar-refractivity contribution in [1.82, 2.24) is 4.98 Å². The highest BCUT2D eigenvalue weighted by molar-refractivity contribution is 5.45. The largest absolute Gasteiger partial charge is 0.420 e. The van der Waals surface area contributed by atoms with Crippen LogP contribution in [0.15, 0.2) is 12.3 Å². The number of pyridine rings is 1. The summed E-state index contributed by atoms with van der Waals surface area (Å²) in [5.41, 5.74) is -1.10. The van der Waals surface area contributed by atoms with E-state index in [0.29, 0.717) is 6.07 Å². The van der Waals surface area contributed by atoms with Crippen molar-refractivity contribution in [1.29, 1.82) is 0 Å². The number of nitrogens with zero attached hydrogens (tertiary/aromatic N) is 1. The van der Waals surface area contributed by atoms with Gasteiger partial charge in [-0.1, -0.05) is 0 Å². The van der Waals surface area contributed by atoms with E-state index < -0.39 is 17.6 Å². The molecule has 0 fully saturated rings. The van der Waals surface area contributed by atoms with E-state index in [2.05, 4.69) is 10.3 Å². The van der Waals surface area contributed by atoms with Crippen LogP contribution in [0.3, 0.4) is 0 Å². The number of anilines is 1. The molecule has 0 saturated heterocycles. The van der Waals surface area contributed by atoms with Gasteiger partial charge in [-0.2, -0.15) is 13.2 Å². The highest BCUT2D eigenvalue weighted by Gasteiger charge is 2.34. The first-order valence-electron chi connectivity index (χ1n) is 3.35. The summed E-state index contributed by atoms with van der Waals surface area (Å²) >= 11 is 0. The second kappa shape index (κ2) is 3.20. The molecule has 1 aromatic rings. The number of rotatable bonds is 1. The molecule has 0 aliphatic carbocycles. The van der Waals surface area contributed by atoms with E-state index in [1.165, 1.54) is 7.05 Å². The van der Waals surface area contributed by atoms with Crippen LogP contribution in [-0.4, -0.2) is 12.0 Å². The molecule has 0 aromatic carbocycles. The predicted molar refractivity (Wildman–Crippen MR) is 38.7 cm³/mol. The Hall–Kier alpha value is -1.33. The lowest BCUT2D eigenvalue weighted by atomic mass is 10.2. The SMILES string of the molecule is CNc1ncc(F)cc1C(F)(F)F. The molecule has 1 rings (SSSR count). The average Bonchev–Trinajstić information content (AvgIpc) is 2.03. The van der Waals surface area contributed by atoms with Crippen molar-refractivity contribution in [2.75, 3.05) is 12.4 Å². The van der Waals surface area contributed by atoms with E-state index in [-0.39, 0.29) is 5.82 Å². The molecule has 0 aliphatic rings. The van der Waals surface area contributed by atoms with Crippen LogP contribution >= 0.6 is 0 Å². The Kier molecular flexibility index (Phi) is 2.40. The molecule has 72 valence electrons. The Morgan fingerprint density at radius 1 is 1.38 bits per heavy atom. The second-order valence-electron chi connectivity index (χ2n) is 2.30. The Morgan fingerprint density at radius 2 is 2.00 bits per heavy atom. The highest BCUT2D eigenvalue weighted by Crippen LogP contribution is 2.33. The van der Waals surface area contributed by atoms with E-state index in [0.717, 1.165) is 6.20 Å². The van der Waals surface area contributed by atoms with Gasteiger partial charge < -0.3 is 5.32 Å². The quantitative estimate of drug-likeness (QED) is 0.693. The number of hydrogen-bond acceptors (Lipinski definition) is 2. The number of hydrogen-bond donors (Lipinski definition) is 1. The minimum atomic E-state index is -4.59. The van der Waals surface area contributed by atoms with Gasteiger partial charge in [0, 0.05) is 7.05 Å². The van der Waals surface area contributed by atoms with Crippen molar-refractivity contribution >= 4 is 5.82 Å². The summed E-state index contributed by atoms with van der Waals surface area (Å²) in [4.78, 5) is 3.26. The summed E-state index contributed by atoms with van der Waals surface area (Å²) in [7, 11) is 1.29. The molecule has 1 heterocycles. The van der Waals surface area contributed by atoms with Gasteiger partial charge in [0.1, 0.15) is 17.2 Å². The Labute approximate surface area is 71.6 Å². The lowest BCUT2D eigenvalue weighted by Crippen LogP contribution is -2.10. The monoisotopic (exact) mass is 194 g/mol. The predicted octanol–water partition coefficient (Wildman–Crippen LogP) is 2.28. The minimum absolute atomic E-state index is 0.381. The van der Waals surface area contributed by atoms with Crippen molar-refractivity contribution in [3.8, 4) is 0 Å². The van der Waals surface area contributed by atoms with E-state index in [1.54, 1.807) is 0 Å². The lowest BCUT2D eigenvalue weighted by Gasteiger charge is -2.10. The Bertz CT molecular complexity index is 308. The first kappa shape index (κ1) is 9.76. The fourth-order valence-corrected chi connectivity index (χ4v) is 0.855. The van der Waals surface area contributed by atoms with Crippen LogP contribution in [-0.2, 0) is 6.18 Å². The molecule has 0 saturated carbocycles. The van der Waals surface area contributed by atoms with Gasteiger partial charge in [0.15, 0.2) is 0 Å². The maximum absolute atomic E-state index is 12.4. The molecule has 2 nitrogen and oxygen atoms in total. The van der Waals surface area contributed by atoms with Crippen LogP contribution in [0, 0.1) is 5.82 Å². The van der Waals surface area contributed by atoms with Crippen LogP contribution in [0.25, 0.3) is 0 Å². The highest BCUT2D eigenvalue weighted by atomic mass is 19.4. The number of nitrogens with one attached hydrogen (secondary N) is 1. The third kappa shape index (κ3) is 2.07. The summed E-state index contributed by atoms with van der Waals surface area (Å²) < 4.78 is 48.9. The van der Waals surface area contributed by atoms with Crippen molar-refractivity contribution in [2.24, 2.45) is 0 Å². The van der Waals surface area contributed by atoms with Crippen molar-refractivity contribution in [3.05, 3.63) is 23.6 Å². The summed E-state index contributed by atoms with van der Waals surface area (Å²) in [6.07, 6.45) is -3.87. The molecule has 0 spiro atoms. The van der Waals surface area contributed by atoms with Gasteiger partial charge in [-0.25, -0.2) is 9.37 Å². The van der Waals surface area contributed by atoms with E-state index in [9.17, 15) is 17.6 Å². The molecule has 0 aliphatic heterocycles. The number of aromatic nitrogens is 1. The zero-order valence-electron chi connectivity index (χ0n) is 6.61. The summed E-state index contributed by atoms with van der Waals surface area (Å²) in [6, 6.07) is 0.402. The zero-order valence-corrected chi connectivity index (χ0v) is 6.61. The standard InChI is InChI=1S/C7H6F4N2/c1-12-6-5(7(9,10)11)2-4(8)3-13-6/h2-3H,1H3,(H,12,13). The molecule has 0 atom stereocenters. The first-order chi connectivity index (χ1) is 5.95. The average molecular weight is 194 g/mol. The smallest absolute Gasteiger partial charge is 0.373 e. The molecule has 0 radical (unpaired) electrons. The van der Waals surface area contributed by atoms with E-state index in [4.69, 9.17) is 0 Å². The lowest BCUT2D eigenvalue weighted by molar-refractivity contribution is -0.137. The van der Waals surface area contributed by atoms with Crippen LogP contribution in [0.4, 0.5) is 23.4 Å². The third-order valence-electron chi connectivity index (χ3n) is 1.40.